The first-order chi connectivity index (χ1) is 8.83. The van der Waals surface area contributed by atoms with Crippen molar-refractivity contribution in [2.45, 2.75) is 25.0 Å². The Labute approximate surface area is 106 Å². The zero-order valence-electron chi connectivity index (χ0n) is 10.5. The smallest absolute Gasteiger partial charge is 0.231 e. The van der Waals surface area contributed by atoms with E-state index in [-0.39, 0.29) is 0 Å². The molecule has 0 N–H and O–H groups in total. The van der Waals surface area contributed by atoms with Crippen molar-refractivity contribution in [1.29, 1.82) is 0 Å². The number of hydrogen-bond acceptors (Lipinski definition) is 4. The monoisotopic (exact) mass is 247 g/mol. The molecule has 0 saturated carbocycles. The average molecular weight is 247 g/mol. The third-order valence-corrected chi connectivity index (χ3v) is 4.34. The SMILES string of the molecule is CN1CCO[C@@H]2Cc3c(ccc4c3OCO4)C[C@H]21. The maximum atomic E-state index is 5.93. The van der Waals surface area contributed by atoms with Gasteiger partial charge in [0, 0.05) is 24.6 Å². The van der Waals surface area contributed by atoms with Crippen molar-refractivity contribution >= 4 is 0 Å². The van der Waals surface area contributed by atoms with Crippen molar-refractivity contribution in [2.75, 3.05) is 27.0 Å². The highest BCUT2D eigenvalue weighted by Crippen LogP contribution is 2.42. The molecule has 2 aliphatic heterocycles. The summed E-state index contributed by atoms with van der Waals surface area (Å²) in [6, 6.07) is 4.72. The Bertz CT molecular complexity index is 488. The standard InChI is InChI=1S/C14H17NO3/c1-15-4-5-16-13-7-10-9(6-11(13)15)2-3-12-14(10)18-8-17-12/h2-3,11,13H,4-8H2,1H3/t11-,13-/m1/s1. The minimum atomic E-state index is 0.298. The quantitative estimate of drug-likeness (QED) is 0.689. The van der Waals surface area contributed by atoms with Gasteiger partial charge < -0.3 is 14.2 Å². The molecule has 18 heavy (non-hydrogen) atoms. The number of rotatable bonds is 0. The number of benzene rings is 1. The molecule has 0 bridgehead atoms. The summed E-state index contributed by atoms with van der Waals surface area (Å²) in [7, 11) is 2.19. The van der Waals surface area contributed by atoms with E-state index >= 15 is 0 Å². The van der Waals surface area contributed by atoms with E-state index < -0.39 is 0 Å². The number of fused-ring (bicyclic) bond motifs is 4. The van der Waals surface area contributed by atoms with Crippen LogP contribution in [0, 0.1) is 0 Å². The molecular weight excluding hydrogens is 230 g/mol. The Morgan fingerprint density at radius 2 is 2.17 bits per heavy atom. The number of nitrogens with zero attached hydrogens (tertiary/aromatic N) is 1. The highest BCUT2D eigenvalue weighted by Gasteiger charge is 2.37. The van der Waals surface area contributed by atoms with Gasteiger partial charge in [-0.1, -0.05) is 6.07 Å². The lowest BCUT2D eigenvalue weighted by Gasteiger charge is -2.42. The van der Waals surface area contributed by atoms with Crippen molar-refractivity contribution in [3.05, 3.63) is 23.3 Å². The predicted molar refractivity (Wildman–Crippen MR) is 66.1 cm³/mol. The van der Waals surface area contributed by atoms with Gasteiger partial charge in [0.2, 0.25) is 6.79 Å². The topological polar surface area (TPSA) is 30.9 Å². The van der Waals surface area contributed by atoms with Crippen LogP contribution in [-0.4, -0.2) is 44.0 Å². The molecule has 2 heterocycles. The first-order valence-electron chi connectivity index (χ1n) is 6.55. The number of ether oxygens (including phenoxy) is 3. The Morgan fingerprint density at radius 1 is 1.22 bits per heavy atom. The van der Waals surface area contributed by atoms with Crippen molar-refractivity contribution in [3.8, 4) is 11.5 Å². The van der Waals surface area contributed by atoms with Crippen LogP contribution < -0.4 is 9.47 Å². The lowest BCUT2D eigenvalue weighted by Crippen LogP contribution is -2.53. The van der Waals surface area contributed by atoms with Gasteiger partial charge in [0.25, 0.3) is 0 Å². The largest absolute Gasteiger partial charge is 0.454 e. The van der Waals surface area contributed by atoms with E-state index in [0.717, 1.165) is 37.5 Å². The minimum Gasteiger partial charge on any atom is -0.454 e. The van der Waals surface area contributed by atoms with Crippen LogP contribution >= 0.6 is 0 Å². The number of hydrogen-bond donors (Lipinski definition) is 0. The van der Waals surface area contributed by atoms with E-state index in [9.17, 15) is 0 Å². The molecule has 2 atom stereocenters. The van der Waals surface area contributed by atoms with Crippen LogP contribution in [0.3, 0.4) is 0 Å². The Morgan fingerprint density at radius 3 is 3.11 bits per heavy atom. The molecule has 1 aromatic rings. The van der Waals surface area contributed by atoms with E-state index in [0.29, 0.717) is 18.9 Å². The van der Waals surface area contributed by atoms with Crippen LogP contribution in [0.15, 0.2) is 12.1 Å². The summed E-state index contributed by atoms with van der Waals surface area (Å²) < 4.78 is 17.0. The number of morpholine rings is 1. The van der Waals surface area contributed by atoms with Crippen LogP contribution in [0.2, 0.25) is 0 Å². The third kappa shape index (κ3) is 1.45. The van der Waals surface area contributed by atoms with E-state index in [1.165, 1.54) is 11.1 Å². The highest BCUT2D eigenvalue weighted by molar-refractivity contribution is 5.53. The summed E-state index contributed by atoms with van der Waals surface area (Å²) >= 11 is 0. The molecule has 1 aliphatic carbocycles. The van der Waals surface area contributed by atoms with Crippen LogP contribution in [0.5, 0.6) is 11.5 Å². The summed E-state index contributed by atoms with van der Waals surface area (Å²) in [5, 5.41) is 0. The predicted octanol–water partition coefficient (Wildman–Crippen LogP) is 1.21. The fraction of sp³-hybridized carbons (Fsp3) is 0.571. The summed E-state index contributed by atoms with van der Waals surface area (Å²) in [6.07, 6.45) is 2.29. The molecule has 0 aromatic heterocycles. The fourth-order valence-electron chi connectivity index (χ4n) is 3.30. The summed E-state index contributed by atoms with van der Waals surface area (Å²) in [5.41, 5.74) is 2.68. The Balaban J connectivity index is 1.75. The molecule has 1 fully saturated rings. The van der Waals surface area contributed by atoms with Gasteiger partial charge in [0.05, 0.1) is 12.7 Å². The van der Waals surface area contributed by atoms with Gasteiger partial charge >= 0.3 is 0 Å². The van der Waals surface area contributed by atoms with Gasteiger partial charge in [-0.3, -0.25) is 4.90 Å². The molecular formula is C14H17NO3. The van der Waals surface area contributed by atoms with Gasteiger partial charge in [-0.05, 0) is 25.1 Å². The van der Waals surface area contributed by atoms with Crippen molar-refractivity contribution in [3.63, 3.8) is 0 Å². The maximum Gasteiger partial charge on any atom is 0.231 e. The van der Waals surface area contributed by atoms with E-state index in [1.807, 2.05) is 6.07 Å². The lowest BCUT2D eigenvalue weighted by molar-refractivity contribution is -0.0646. The molecule has 0 amide bonds. The second-order valence-corrected chi connectivity index (χ2v) is 5.30. The van der Waals surface area contributed by atoms with Crippen LogP contribution in [0.1, 0.15) is 11.1 Å². The van der Waals surface area contributed by atoms with Crippen molar-refractivity contribution < 1.29 is 14.2 Å². The Hall–Kier alpha value is -1.26. The van der Waals surface area contributed by atoms with E-state index in [1.54, 1.807) is 0 Å². The maximum absolute atomic E-state index is 5.93. The van der Waals surface area contributed by atoms with E-state index in [2.05, 4.69) is 18.0 Å². The van der Waals surface area contributed by atoms with Gasteiger partial charge in [0.15, 0.2) is 11.5 Å². The summed E-state index contributed by atoms with van der Waals surface area (Å²) in [6.45, 7) is 2.21. The third-order valence-electron chi connectivity index (χ3n) is 4.34. The second-order valence-electron chi connectivity index (χ2n) is 5.30. The highest BCUT2D eigenvalue weighted by atomic mass is 16.7. The summed E-state index contributed by atoms with van der Waals surface area (Å²) in [5.74, 6) is 1.83. The zero-order valence-corrected chi connectivity index (χ0v) is 10.5. The molecule has 1 aromatic carbocycles. The fourth-order valence-corrected chi connectivity index (χ4v) is 3.30. The molecule has 3 aliphatic rings. The zero-order chi connectivity index (χ0) is 12.1. The van der Waals surface area contributed by atoms with Gasteiger partial charge in [0.1, 0.15) is 0 Å². The lowest BCUT2D eigenvalue weighted by atomic mass is 9.84. The number of likely N-dealkylation sites (N-methyl/N-ethyl adjacent to an activating group) is 1. The molecule has 4 nitrogen and oxygen atoms in total. The molecule has 96 valence electrons. The van der Waals surface area contributed by atoms with Gasteiger partial charge in [-0.15, -0.1) is 0 Å². The molecule has 0 radical (unpaired) electrons. The van der Waals surface area contributed by atoms with Crippen LogP contribution in [0.4, 0.5) is 0 Å². The molecule has 4 rings (SSSR count). The van der Waals surface area contributed by atoms with Gasteiger partial charge in [-0.2, -0.15) is 0 Å². The van der Waals surface area contributed by atoms with Crippen LogP contribution in [-0.2, 0) is 17.6 Å². The molecule has 1 saturated heterocycles. The normalized spacial score (nSPS) is 29.8. The summed E-state index contributed by atoms with van der Waals surface area (Å²) in [4.78, 5) is 2.42. The van der Waals surface area contributed by atoms with Crippen molar-refractivity contribution in [2.24, 2.45) is 0 Å². The average Bonchev–Trinajstić information content (AvgIpc) is 2.86. The molecule has 0 unspecified atom stereocenters. The van der Waals surface area contributed by atoms with Gasteiger partial charge in [-0.25, -0.2) is 0 Å². The van der Waals surface area contributed by atoms with Crippen LogP contribution in [0.25, 0.3) is 0 Å². The van der Waals surface area contributed by atoms with Crippen molar-refractivity contribution in [1.82, 2.24) is 4.90 Å². The first-order valence-corrected chi connectivity index (χ1v) is 6.55. The molecule has 0 spiro atoms. The minimum absolute atomic E-state index is 0.298. The molecule has 4 heteroatoms. The first kappa shape index (κ1) is 10.6. The second kappa shape index (κ2) is 3.87. The Kier molecular flexibility index (Phi) is 2.29. The van der Waals surface area contributed by atoms with E-state index in [4.69, 9.17) is 14.2 Å².